The highest BCUT2D eigenvalue weighted by Gasteiger charge is 2.11. The van der Waals surface area contributed by atoms with Gasteiger partial charge in [-0.25, -0.2) is 0 Å². The van der Waals surface area contributed by atoms with E-state index >= 15 is 0 Å². The summed E-state index contributed by atoms with van der Waals surface area (Å²) in [6.45, 7) is 6.34. The largest absolute Gasteiger partial charge is 0.493 e. The molecule has 0 saturated carbocycles. The van der Waals surface area contributed by atoms with Crippen molar-refractivity contribution >= 4 is 5.91 Å². The summed E-state index contributed by atoms with van der Waals surface area (Å²) in [6.07, 6.45) is 0. The number of ether oxygens (including phenoxy) is 2. The van der Waals surface area contributed by atoms with E-state index in [0.29, 0.717) is 18.0 Å². The molecule has 5 heteroatoms. The van der Waals surface area contributed by atoms with Gasteiger partial charge >= 0.3 is 0 Å². The highest BCUT2D eigenvalue weighted by Crippen LogP contribution is 2.28. The van der Waals surface area contributed by atoms with Crippen LogP contribution >= 0.6 is 0 Å². The summed E-state index contributed by atoms with van der Waals surface area (Å²) in [5.74, 6) is 1.18. The molecular formula is C15H24N2O3. The Balaban J connectivity index is 2.72. The Bertz CT molecular complexity index is 435. The number of amides is 1. The van der Waals surface area contributed by atoms with E-state index in [4.69, 9.17) is 9.47 Å². The van der Waals surface area contributed by atoms with E-state index < -0.39 is 0 Å². The third-order valence-electron chi connectivity index (χ3n) is 3.06. The van der Waals surface area contributed by atoms with Crippen LogP contribution in [0.25, 0.3) is 0 Å². The van der Waals surface area contributed by atoms with Crippen molar-refractivity contribution in [2.24, 2.45) is 0 Å². The second-order valence-corrected chi connectivity index (χ2v) is 4.46. The maximum Gasteiger partial charge on any atom is 0.260 e. The van der Waals surface area contributed by atoms with E-state index in [1.54, 1.807) is 19.1 Å². The molecule has 1 N–H and O–H groups in total. The molecule has 1 aromatic carbocycles. The van der Waals surface area contributed by atoms with Crippen molar-refractivity contribution in [3.05, 3.63) is 23.8 Å². The minimum atomic E-state index is -0.0494. The average molecular weight is 280 g/mol. The summed E-state index contributed by atoms with van der Waals surface area (Å²) < 4.78 is 10.8. The van der Waals surface area contributed by atoms with Crippen LogP contribution in [0.15, 0.2) is 18.2 Å². The minimum Gasteiger partial charge on any atom is -0.493 e. The van der Waals surface area contributed by atoms with E-state index in [1.165, 1.54) is 0 Å². The molecule has 0 unspecified atom stereocenters. The second-order valence-electron chi connectivity index (χ2n) is 4.46. The van der Waals surface area contributed by atoms with Crippen molar-refractivity contribution in [1.82, 2.24) is 10.2 Å². The van der Waals surface area contributed by atoms with Crippen molar-refractivity contribution in [2.45, 2.75) is 20.4 Å². The SMILES string of the molecule is CCNCc1ccc(OC)c(OCC(=O)N(C)CC)c1. The van der Waals surface area contributed by atoms with Gasteiger partial charge in [0.05, 0.1) is 7.11 Å². The summed E-state index contributed by atoms with van der Waals surface area (Å²) in [7, 11) is 3.34. The van der Waals surface area contributed by atoms with Gasteiger partial charge in [-0.2, -0.15) is 0 Å². The number of nitrogens with one attached hydrogen (secondary N) is 1. The minimum absolute atomic E-state index is 0.0192. The van der Waals surface area contributed by atoms with Gasteiger partial charge < -0.3 is 19.7 Å². The molecule has 0 aliphatic heterocycles. The molecular weight excluding hydrogens is 256 g/mol. The standard InChI is InChI=1S/C15H24N2O3/c1-5-16-10-12-7-8-13(19-4)14(9-12)20-11-15(18)17(3)6-2/h7-9,16H,5-6,10-11H2,1-4H3. The van der Waals surface area contributed by atoms with Gasteiger partial charge in [0, 0.05) is 20.1 Å². The fourth-order valence-corrected chi connectivity index (χ4v) is 1.64. The van der Waals surface area contributed by atoms with Crippen LogP contribution < -0.4 is 14.8 Å². The van der Waals surface area contributed by atoms with Gasteiger partial charge in [0.2, 0.25) is 0 Å². The number of benzene rings is 1. The predicted molar refractivity (Wildman–Crippen MR) is 79.2 cm³/mol. The van der Waals surface area contributed by atoms with Gasteiger partial charge in [0.1, 0.15) is 0 Å². The Labute approximate surface area is 120 Å². The second kappa shape index (κ2) is 8.43. The van der Waals surface area contributed by atoms with Crippen molar-refractivity contribution in [3.63, 3.8) is 0 Å². The third kappa shape index (κ3) is 4.74. The first-order valence-electron chi connectivity index (χ1n) is 6.86. The van der Waals surface area contributed by atoms with E-state index in [0.717, 1.165) is 18.7 Å². The Hall–Kier alpha value is -1.75. The zero-order valence-corrected chi connectivity index (χ0v) is 12.7. The van der Waals surface area contributed by atoms with Crippen LogP contribution in [0.5, 0.6) is 11.5 Å². The Kier molecular flexibility index (Phi) is 6.87. The van der Waals surface area contributed by atoms with E-state index in [-0.39, 0.29) is 12.5 Å². The highest BCUT2D eigenvalue weighted by molar-refractivity contribution is 5.77. The first-order valence-corrected chi connectivity index (χ1v) is 6.86. The molecule has 1 aromatic rings. The van der Waals surface area contributed by atoms with Crippen molar-refractivity contribution < 1.29 is 14.3 Å². The Morgan fingerprint density at radius 1 is 1.30 bits per heavy atom. The van der Waals surface area contributed by atoms with Gasteiger partial charge in [-0.15, -0.1) is 0 Å². The number of rotatable bonds is 8. The first kappa shape index (κ1) is 16.3. The van der Waals surface area contributed by atoms with Crippen LogP contribution in [0, 0.1) is 0 Å². The lowest BCUT2D eigenvalue weighted by atomic mass is 10.2. The highest BCUT2D eigenvalue weighted by atomic mass is 16.5. The smallest absolute Gasteiger partial charge is 0.260 e. The fraction of sp³-hybridized carbons (Fsp3) is 0.533. The molecule has 0 aliphatic carbocycles. The molecule has 20 heavy (non-hydrogen) atoms. The monoisotopic (exact) mass is 280 g/mol. The molecule has 0 bridgehead atoms. The predicted octanol–water partition coefficient (Wildman–Crippen LogP) is 1.66. The van der Waals surface area contributed by atoms with Gasteiger partial charge in [0.15, 0.2) is 18.1 Å². The maximum atomic E-state index is 11.8. The van der Waals surface area contributed by atoms with Crippen LogP contribution in [0.2, 0.25) is 0 Å². The number of hydrogen-bond acceptors (Lipinski definition) is 4. The molecule has 112 valence electrons. The van der Waals surface area contributed by atoms with Crippen LogP contribution in [0.3, 0.4) is 0 Å². The van der Waals surface area contributed by atoms with Crippen molar-refractivity contribution in [2.75, 3.05) is 33.9 Å². The zero-order valence-electron chi connectivity index (χ0n) is 12.7. The Morgan fingerprint density at radius 3 is 2.65 bits per heavy atom. The number of methoxy groups -OCH3 is 1. The number of carbonyl (C=O) groups is 1. The Morgan fingerprint density at radius 2 is 2.05 bits per heavy atom. The van der Waals surface area contributed by atoms with Gasteiger partial charge in [-0.1, -0.05) is 13.0 Å². The molecule has 0 radical (unpaired) electrons. The lowest BCUT2D eigenvalue weighted by Crippen LogP contribution is -2.31. The quantitative estimate of drug-likeness (QED) is 0.787. The number of hydrogen-bond donors (Lipinski definition) is 1. The summed E-state index contributed by atoms with van der Waals surface area (Å²) in [5, 5.41) is 3.25. The zero-order chi connectivity index (χ0) is 15.0. The van der Waals surface area contributed by atoms with E-state index in [9.17, 15) is 4.79 Å². The first-order chi connectivity index (χ1) is 9.62. The van der Waals surface area contributed by atoms with Crippen LogP contribution in [-0.2, 0) is 11.3 Å². The van der Waals surface area contributed by atoms with Gasteiger partial charge in [0.25, 0.3) is 5.91 Å². The van der Waals surface area contributed by atoms with Gasteiger partial charge in [-0.05, 0) is 31.2 Å². The normalized spacial score (nSPS) is 10.2. The summed E-state index contributed by atoms with van der Waals surface area (Å²) in [5.41, 5.74) is 1.10. The molecule has 0 aliphatic rings. The molecule has 0 fully saturated rings. The average Bonchev–Trinajstić information content (AvgIpc) is 2.49. The summed E-state index contributed by atoms with van der Waals surface area (Å²) in [4.78, 5) is 13.4. The molecule has 0 saturated heterocycles. The van der Waals surface area contributed by atoms with Gasteiger partial charge in [-0.3, -0.25) is 4.79 Å². The summed E-state index contributed by atoms with van der Waals surface area (Å²) >= 11 is 0. The lowest BCUT2D eigenvalue weighted by Gasteiger charge is -2.16. The lowest BCUT2D eigenvalue weighted by molar-refractivity contribution is -0.131. The molecule has 1 amide bonds. The molecule has 0 heterocycles. The van der Waals surface area contributed by atoms with Crippen molar-refractivity contribution in [1.29, 1.82) is 0 Å². The number of likely N-dealkylation sites (N-methyl/N-ethyl adjacent to an activating group) is 1. The van der Waals surface area contributed by atoms with Crippen molar-refractivity contribution in [3.8, 4) is 11.5 Å². The molecule has 0 atom stereocenters. The molecule has 5 nitrogen and oxygen atoms in total. The third-order valence-corrected chi connectivity index (χ3v) is 3.06. The fourth-order valence-electron chi connectivity index (χ4n) is 1.64. The topological polar surface area (TPSA) is 50.8 Å². The maximum absolute atomic E-state index is 11.8. The number of carbonyl (C=O) groups excluding carboxylic acids is 1. The van der Waals surface area contributed by atoms with E-state index in [1.807, 2.05) is 25.1 Å². The molecule has 0 spiro atoms. The van der Waals surface area contributed by atoms with Crippen LogP contribution in [0.1, 0.15) is 19.4 Å². The van der Waals surface area contributed by atoms with Crippen LogP contribution in [0.4, 0.5) is 0 Å². The van der Waals surface area contributed by atoms with Crippen LogP contribution in [-0.4, -0.2) is 44.7 Å². The number of nitrogens with zero attached hydrogens (tertiary/aromatic N) is 1. The molecule has 0 aromatic heterocycles. The molecule has 1 rings (SSSR count). The summed E-state index contributed by atoms with van der Waals surface area (Å²) in [6, 6.07) is 5.74. The van der Waals surface area contributed by atoms with E-state index in [2.05, 4.69) is 12.2 Å².